The minimum Gasteiger partial charge on any atom is -0.374 e. The molecular formula is C34H15BN6. The van der Waals surface area contributed by atoms with Crippen molar-refractivity contribution in [1.82, 2.24) is 9.05 Å². The normalized spacial score (nSPS) is 11.8. The molecule has 0 unspecified atom stereocenters. The van der Waals surface area contributed by atoms with E-state index in [9.17, 15) is 15.8 Å². The lowest BCUT2D eigenvalue weighted by Crippen LogP contribution is -2.53. The van der Waals surface area contributed by atoms with Crippen LogP contribution in [0.15, 0.2) is 91.0 Å². The van der Waals surface area contributed by atoms with Gasteiger partial charge in [0.05, 0.1) is 57.5 Å². The summed E-state index contributed by atoms with van der Waals surface area (Å²) in [6.07, 6.45) is 0. The highest BCUT2D eigenvalue weighted by molar-refractivity contribution is 6.88. The molecule has 184 valence electrons. The van der Waals surface area contributed by atoms with Crippen molar-refractivity contribution in [1.29, 1.82) is 15.8 Å². The molecular weight excluding hydrogens is 503 g/mol. The van der Waals surface area contributed by atoms with Crippen molar-refractivity contribution < 1.29 is 0 Å². The van der Waals surface area contributed by atoms with E-state index in [1.165, 1.54) is 0 Å². The van der Waals surface area contributed by atoms with E-state index in [-0.39, 0.29) is 6.85 Å². The Bertz CT molecular complexity index is 2400. The molecule has 0 fully saturated rings. The summed E-state index contributed by atoms with van der Waals surface area (Å²) in [7, 11) is 0. The molecule has 0 spiro atoms. The van der Waals surface area contributed by atoms with Gasteiger partial charge in [0.15, 0.2) is 5.69 Å². The molecule has 0 N–H and O–H groups in total. The highest BCUT2D eigenvalue weighted by Gasteiger charge is 2.37. The van der Waals surface area contributed by atoms with E-state index in [1.54, 1.807) is 24.3 Å². The number of rotatable bonds is 1. The largest absolute Gasteiger partial charge is 0.374 e. The predicted molar refractivity (Wildman–Crippen MR) is 161 cm³/mol. The van der Waals surface area contributed by atoms with Crippen LogP contribution in [0, 0.1) is 40.6 Å². The third kappa shape index (κ3) is 2.82. The summed E-state index contributed by atoms with van der Waals surface area (Å²) in [6.45, 7) is 7.29. The van der Waals surface area contributed by atoms with Gasteiger partial charge < -0.3 is 9.05 Å². The fraction of sp³-hybridized carbons (Fsp3) is 0. The summed E-state index contributed by atoms with van der Waals surface area (Å²) < 4.78 is 4.40. The summed E-state index contributed by atoms with van der Waals surface area (Å²) in [4.78, 5) is 3.62. The Balaban J connectivity index is 1.65. The maximum Gasteiger partial charge on any atom is 0.332 e. The number of para-hydroxylation sites is 3. The summed E-state index contributed by atoms with van der Waals surface area (Å²) >= 11 is 0. The van der Waals surface area contributed by atoms with Crippen molar-refractivity contribution in [3.8, 4) is 23.9 Å². The van der Waals surface area contributed by atoms with Crippen LogP contribution in [-0.2, 0) is 0 Å². The monoisotopic (exact) mass is 518 g/mol. The fourth-order valence-electron chi connectivity index (χ4n) is 6.74. The predicted octanol–water partition coefficient (Wildman–Crippen LogP) is 6.02. The third-order valence-corrected chi connectivity index (χ3v) is 8.23. The second kappa shape index (κ2) is 8.11. The summed E-state index contributed by atoms with van der Waals surface area (Å²) in [5.74, 6) is 0. The molecule has 7 aromatic rings. The first-order chi connectivity index (χ1) is 20.2. The first kappa shape index (κ1) is 22.7. The first-order valence-electron chi connectivity index (χ1n) is 13.0. The number of aromatic nitrogens is 2. The molecule has 3 heterocycles. The van der Waals surface area contributed by atoms with E-state index in [0.29, 0.717) is 44.2 Å². The van der Waals surface area contributed by atoms with Crippen LogP contribution in [0.4, 0.5) is 5.69 Å². The smallest absolute Gasteiger partial charge is 0.332 e. The lowest BCUT2D eigenvalue weighted by molar-refractivity contribution is 1.18. The van der Waals surface area contributed by atoms with Crippen molar-refractivity contribution in [2.75, 3.05) is 0 Å². The van der Waals surface area contributed by atoms with Gasteiger partial charge in [-0.15, -0.1) is 0 Å². The van der Waals surface area contributed by atoms with Gasteiger partial charge in [-0.2, -0.15) is 15.8 Å². The summed E-state index contributed by atoms with van der Waals surface area (Å²) in [6, 6.07) is 36.5. The van der Waals surface area contributed by atoms with Crippen molar-refractivity contribution in [2.24, 2.45) is 0 Å². The molecule has 41 heavy (non-hydrogen) atoms. The van der Waals surface area contributed by atoms with Gasteiger partial charge in [0, 0.05) is 21.8 Å². The van der Waals surface area contributed by atoms with Gasteiger partial charge in [-0.05, 0) is 52.7 Å². The Morgan fingerprint density at radius 1 is 0.634 bits per heavy atom. The lowest BCUT2D eigenvalue weighted by Gasteiger charge is -2.28. The van der Waals surface area contributed by atoms with E-state index >= 15 is 0 Å². The average molecular weight is 518 g/mol. The summed E-state index contributed by atoms with van der Waals surface area (Å²) in [5.41, 5.74) is 7.95. The van der Waals surface area contributed by atoms with E-state index in [2.05, 4.69) is 74.6 Å². The van der Waals surface area contributed by atoms with Gasteiger partial charge in [-0.3, -0.25) is 0 Å². The minimum absolute atomic E-state index is 0.334. The Kier molecular flexibility index (Phi) is 4.49. The SMILES string of the molecule is [C-]#[N+]c1cc(C#N)c2c(c1)c1cc(C#N)cc(C#N)c1n2B1c2ccccc2-n2c3ccccc3c3cccc1c32. The second-order valence-corrected chi connectivity index (χ2v) is 10.2. The van der Waals surface area contributed by atoms with Crippen molar-refractivity contribution in [3.63, 3.8) is 0 Å². The molecule has 0 aliphatic carbocycles. The van der Waals surface area contributed by atoms with Crippen LogP contribution < -0.4 is 10.9 Å². The molecule has 8 rings (SSSR count). The van der Waals surface area contributed by atoms with Crippen LogP contribution in [-0.4, -0.2) is 15.9 Å². The third-order valence-electron chi connectivity index (χ3n) is 8.23. The highest BCUT2D eigenvalue weighted by atomic mass is 15.0. The fourth-order valence-corrected chi connectivity index (χ4v) is 6.74. The average Bonchev–Trinajstić information content (AvgIpc) is 3.54. The Morgan fingerprint density at radius 2 is 1.32 bits per heavy atom. The molecule has 7 heteroatoms. The number of nitrogens with zero attached hydrogens (tertiary/aromatic N) is 6. The van der Waals surface area contributed by atoms with Gasteiger partial charge >= 0.3 is 6.85 Å². The van der Waals surface area contributed by atoms with Gasteiger partial charge in [0.25, 0.3) is 0 Å². The van der Waals surface area contributed by atoms with Crippen LogP contribution in [0.2, 0.25) is 0 Å². The molecule has 0 bridgehead atoms. The van der Waals surface area contributed by atoms with Gasteiger partial charge in [0.1, 0.15) is 6.07 Å². The zero-order valence-corrected chi connectivity index (χ0v) is 21.4. The maximum absolute atomic E-state index is 10.3. The van der Waals surface area contributed by atoms with Gasteiger partial charge in [0.2, 0.25) is 0 Å². The van der Waals surface area contributed by atoms with Crippen LogP contribution in [0.1, 0.15) is 16.7 Å². The van der Waals surface area contributed by atoms with E-state index in [0.717, 1.165) is 38.4 Å². The van der Waals surface area contributed by atoms with E-state index in [1.807, 2.05) is 24.3 Å². The molecule has 0 saturated heterocycles. The van der Waals surface area contributed by atoms with Gasteiger partial charge in [-0.25, -0.2) is 4.85 Å². The second-order valence-electron chi connectivity index (χ2n) is 10.2. The topological polar surface area (TPSA) is 85.6 Å². The van der Waals surface area contributed by atoms with Crippen molar-refractivity contribution in [3.05, 3.63) is 119 Å². The zero-order chi connectivity index (χ0) is 27.8. The molecule has 0 atom stereocenters. The number of hydrogen-bond acceptors (Lipinski definition) is 3. The molecule has 0 saturated carbocycles. The highest BCUT2D eigenvalue weighted by Crippen LogP contribution is 2.39. The Morgan fingerprint density at radius 3 is 2.10 bits per heavy atom. The molecule has 6 nitrogen and oxygen atoms in total. The van der Waals surface area contributed by atoms with Crippen molar-refractivity contribution in [2.45, 2.75) is 0 Å². The zero-order valence-electron chi connectivity index (χ0n) is 21.4. The van der Waals surface area contributed by atoms with Crippen LogP contribution >= 0.6 is 0 Å². The first-order valence-corrected chi connectivity index (χ1v) is 13.0. The summed E-state index contributed by atoms with van der Waals surface area (Å²) in [5, 5.41) is 34.1. The van der Waals surface area contributed by atoms with E-state index in [4.69, 9.17) is 6.57 Å². The van der Waals surface area contributed by atoms with Gasteiger partial charge in [-0.1, -0.05) is 54.6 Å². The number of hydrogen-bond donors (Lipinski definition) is 0. The quantitative estimate of drug-likeness (QED) is 0.197. The Hall–Kier alpha value is -6.28. The standard InChI is InChI=1S/C34H15BN6/c1-39-23-15-22(19-38)33-27(16-23)26-14-20(17-36)13-21(18-37)32(26)41(33)35-28-9-3-5-12-31(28)40-30-11-4-2-7-24(30)25-8-6-10-29(35)34(25)40/h2-16H. The molecule has 2 aromatic heterocycles. The molecule has 1 aliphatic heterocycles. The molecule has 1 aliphatic rings. The van der Waals surface area contributed by atoms with E-state index < -0.39 is 0 Å². The number of nitriles is 3. The number of fused-ring (bicyclic) bond motifs is 8. The maximum atomic E-state index is 10.3. The molecule has 0 radical (unpaired) electrons. The lowest BCUT2D eigenvalue weighted by atomic mass is 9.48. The Labute approximate surface area is 234 Å². The molecule has 5 aromatic carbocycles. The van der Waals surface area contributed by atoms with Crippen LogP contribution in [0.25, 0.3) is 54.1 Å². The van der Waals surface area contributed by atoms with Crippen molar-refractivity contribution >= 4 is 67.1 Å². The van der Waals surface area contributed by atoms with Crippen LogP contribution in [0.5, 0.6) is 0 Å². The van der Waals surface area contributed by atoms with Crippen LogP contribution in [0.3, 0.4) is 0 Å². The number of benzene rings is 5. The molecule has 0 amide bonds. The minimum atomic E-state index is -0.377.